The van der Waals surface area contributed by atoms with Gasteiger partial charge in [-0.3, -0.25) is 9.59 Å². The van der Waals surface area contributed by atoms with E-state index in [1.807, 2.05) is 30.3 Å². The minimum Gasteiger partial charge on any atom is -0.493 e. The first kappa shape index (κ1) is 19.3. The Labute approximate surface area is 151 Å². The molecule has 7 heteroatoms. The van der Waals surface area contributed by atoms with E-state index in [2.05, 4.69) is 10.6 Å². The normalized spacial score (nSPS) is 11.3. The molecule has 26 heavy (non-hydrogen) atoms. The predicted octanol–water partition coefficient (Wildman–Crippen LogP) is 1.36. The van der Waals surface area contributed by atoms with Gasteiger partial charge in [0.15, 0.2) is 11.5 Å². The number of hydrogen-bond donors (Lipinski definition) is 3. The van der Waals surface area contributed by atoms with Crippen molar-refractivity contribution in [2.24, 2.45) is 0 Å². The summed E-state index contributed by atoms with van der Waals surface area (Å²) in [7, 11) is 2.98. The average Bonchev–Trinajstić information content (AvgIpc) is 2.66. The van der Waals surface area contributed by atoms with Gasteiger partial charge < -0.3 is 25.2 Å². The maximum Gasteiger partial charge on any atom is 0.313 e. The molecule has 0 radical (unpaired) electrons. The molecule has 1 atom stereocenters. The third-order valence-electron chi connectivity index (χ3n) is 3.66. The zero-order valence-corrected chi connectivity index (χ0v) is 14.7. The molecule has 0 spiro atoms. The highest BCUT2D eigenvalue weighted by atomic mass is 16.5. The number of amides is 2. The second kappa shape index (κ2) is 9.43. The Balaban J connectivity index is 1.84. The Kier molecular flexibility index (Phi) is 6.99. The predicted molar refractivity (Wildman–Crippen MR) is 97.3 cm³/mol. The smallest absolute Gasteiger partial charge is 0.313 e. The van der Waals surface area contributed by atoms with Gasteiger partial charge in [0.05, 0.1) is 20.3 Å². The van der Waals surface area contributed by atoms with Crippen molar-refractivity contribution < 1.29 is 24.2 Å². The van der Waals surface area contributed by atoms with E-state index >= 15 is 0 Å². The molecule has 0 bridgehead atoms. The number of hydrogen-bond acceptors (Lipinski definition) is 5. The van der Waals surface area contributed by atoms with Gasteiger partial charge in [-0.25, -0.2) is 0 Å². The summed E-state index contributed by atoms with van der Waals surface area (Å²) in [5, 5.41) is 14.9. The van der Waals surface area contributed by atoms with Crippen LogP contribution in [0.5, 0.6) is 11.5 Å². The summed E-state index contributed by atoms with van der Waals surface area (Å²) >= 11 is 0. The SMILES string of the molecule is COc1ccc(NC(=O)C(=O)NCC(O)Cc2ccccc2)cc1OC. The molecule has 1 unspecified atom stereocenters. The molecule has 0 aliphatic rings. The van der Waals surface area contributed by atoms with Crippen LogP contribution in [0.4, 0.5) is 5.69 Å². The first-order valence-corrected chi connectivity index (χ1v) is 8.06. The van der Waals surface area contributed by atoms with Crippen LogP contribution in [0.1, 0.15) is 5.56 Å². The third-order valence-corrected chi connectivity index (χ3v) is 3.66. The van der Waals surface area contributed by atoms with Gasteiger partial charge in [-0.1, -0.05) is 30.3 Å². The summed E-state index contributed by atoms with van der Waals surface area (Å²) in [5.74, 6) is -0.709. The van der Waals surface area contributed by atoms with E-state index in [0.717, 1.165) is 5.56 Å². The molecule has 138 valence electrons. The minimum atomic E-state index is -0.830. The quantitative estimate of drug-likeness (QED) is 0.650. The van der Waals surface area contributed by atoms with Crippen LogP contribution >= 0.6 is 0 Å². The number of benzene rings is 2. The van der Waals surface area contributed by atoms with E-state index in [-0.39, 0.29) is 6.54 Å². The van der Waals surface area contributed by atoms with Crippen molar-refractivity contribution in [3.05, 3.63) is 54.1 Å². The Morgan fingerprint density at radius 1 is 1.00 bits per heavy atom. The van der Waals surface area contributed by atoms with Crippen LogP contribution in [0.15, 0.2) is 48.5 Å². The number of rotatable bonds is 7. The monoisotopic (exact) mass is 358 g/mol. The van der Waals surface area contributed by atoms with Gasteiger partial charge >= 0.3 is 11.8 Å². The Morgan fingerprint density at radius 3 is 2.35 bits per heavy atom. The largest absolute Gasteiger partial charge is 0.493 e. The molecular weight excluding hydrogens is 336 g/mol. The first-order valence-electron chi connectivity index (χ1n) is 8.06. The van der Waals surface area contributed by atoms with Crippen LogP contribution in [0.25, 0.3) is 0 Å². The lowest BCUT2D eigenvalue weighted by Crippen LogP contribution is -2.40. The summed E-state index contributed by atoms with van der Waals surface area (Å²) in [5.41, 5.74) is 1.34. The highest BCUT2D eigenvalue weighted by Crippen LogP contribution is 2.29. The lowest BCUT2D eigenvalue weighted by atomic mass is 10.1. The van der Waals surface area contributed by atoms with Gasteiger partial charge in [0.25, 0.3) is 0 Å². The van der Waals surface area contributed by atoms with Crippen molar-refractivity contribution in [1.82, 2.24) is 5.32 Å². The zero-order valence-electron chi connectivity index (χ0n) is 14.7. The summed E-state index contributed by atoms with van der Waals surface area (Å²) < 4.78 is 10.3. The topological polar surface area (TPSA) is 96.9 Å². The van der Waals surface area contributed by atoms with Crippen LogP contribution < -0.4 is 20.1 Å². The summed E-state index contributed by atoms with van der Waals surface area (Å²) in [6.07, 6.45) is -0.395. The van der Waals surface area contributed by atoms with Crippen LogP contribution in [0.3, 0.4) is 0 Å². The van der Waals surface area contributed by atoms with Crippen molar-refractivity contribution in [3.8, 4) is 11.5 Å². The molecule has 2 aromatic rings. The zero-order chi connectivity index (χ0) is 18.9. The first-order chi connectivity index (χ1) is 12.5. The fourth-order valence-electron chi connectivity index (χ4n) is 2.35. The fourth-order valence-corrected chi connectivity index (χ4v) is 2.35. The fraction of sp³-hybridized carbons (Fsp3) is 0.263. The molecule has 2 amide bonds. The molecule has 0 saturated heterocycles. The standard InChI is InChI=1S/C19H22N2O5/c1-25-16-9-8-14(11-17(16)26-2)21-19(24)18(23)20-12-15(22)10-13-6-4-3-5-7-13/h3-9,11,15,22H,10,12H2,1-2H3,(H,20,23)(H,21,24). The number of carbonyl (C=O) groups is 2. The molecule has 0 fully saturated rings. The van der Waals surface area contributed by atoms with Gasteiger partial charge in [0.2, 0.25) is 0 Å². The average molecular weight is 358 g/mol. The van der Waals surface area contributed by atoms with Crippen LogP contribution in [-0.4, -0.2) is 43.8 Å². The molecule has 2 aromatic carbocycles. The lowest BCUT2D eigenvalue weighted by Gasteiger charge is -2.13. The second-order valence-corrected chi connectivity index (χ2v) is 5.58. The highest BCUT2D eigenvalue weighted by molar-refractivity contribution is 6.39. The van der Waals surface area contributed by atoms with Crippen molar-refractivity contribution in [2.75, 3.05) is 26.1 Å². The van der Waals surface area contributed by atoms with Crippen molar-refractivity contribution in [1.29, 1.82) is 0 Å². The lowest BCUT2D eigenvalue weighted by molar-refractivity contribution is -0.136. The van der Waals surface area contributed by atoms with Crippen molar-refractivity contribution in [2.45, 2.75) is 12.5 Å². The molecule has 0 aliphatic heterocycles. The van der Waals surface area contributed by atoms with Gasteiger partial charge in [-0.05, 0) is 17.7 Å². The Morgan fingerprint density at radius 2 is 1.69 bits per heavy atom. The van der Waals surface area contributed by atoms with Gasteiger partial charge in [0.1, 0.15) is 0 Å². The van der Waals surface area contributed by atoms with Crippen LogP contribution in [-0.2, 0) is 16.0 Å². The highest BCUT2D eigenvalue weighted by Gasteiger charge is 2.16. The minimum absolute atomic E-state index is 0.0208. The van der Waals surface area contributed by atoms with Gasteiger partial charge in [-0.2, -0.15) is 0 Å². The molecule has 3 N–H and O–H groups in total. The Hall–Kier alpha value is -3.06. The summed E-state index contributed by atoms with van der Waals surface area (Å²) in [6.45, 7) is -0.0208. The van der Waals surface area contributed by atoms with Crippen molar-refractivity contribution in [3.63, 3.8) is 0 Å². The molecule has 0 saturated carbocycles. The molecule has 7 nitrogen and oxygen atoms in total. The molecule has 0 heterocycles. The number of carbonyl (C=O) groups excluding carboxylic acids is 2. The van der Waals surface area contributed by atoms with E-state index in [1.54, 1.807) is 18.2 Å². The number of ether oxygens (including phenoxy) is 2. The van der Waals surface area contributed by atoms with Crippen LogP contribution in [0, 0.1) is 0 Å². The number of aliphatic hydroxyl groups is 1. The van der Waals surface area contributed by atoms with E-state index < -0.39 is 17.9 Å². The number of aliphatic hydroxyl groups excluding tert-OH is 1. The number of methoxy groups -OCH3 is 2. The molecular formula is C19H22N2O5. The summed E-state index contributed by atoms with van der Waals surface area (Å²) in [4.78, 5) is 23.9. The second-order valence-electron chi connectivity index (χ2n) is 5.58. The van der Waals surface area contributed by atoms with Crippen molar-refractivity contribution >= 4 is 17.5 Å². The van der Waals surface area contributed by atoms with E-state index in [4.69, 9.17) is 9.47 Å². The van der Waals surface area contributed by atoms with Crippen LogP contribution in [0.2, 0.25) is 0 Å². The molecule has 2 rings (SSSR count). The number of nitrogens with one attached hydrogen (secondary N) is 2. The summed E-state index contributed by atoms with van der Waals surface area (Å²) in [6, 6.07) is 14.2. The molecule has 0 aliphatic carbocycles. The van der Waals surface area contributed by atoms with Gasteiger partial charge in [0, 0.05) is 24.7 Å². The number of anilines is 1. The van der Waals surface area contributed by atoms with E-state index in [9.17, 15) is 14.7 Å². The van der Waals surface area contributed by atoms with Gasteiger partial charge in [-0.15, -0.1) is 0 Å². The maximum absolute atomic E-state index is 12.0. The maximum atomic E-state index is 12.0. The third kappa shape index (κ3) is 5.49. The Bertz CT molecular complexity index is 749. The van der Waals surface area contributed by atoms with E-state index in [1.165, 1.54) is 14.2 Å². The molecule has 0 aromatic heterocycles. The van der Waals surface area contributed by atoms with E-state index in [0.29, 0.717) is 23.6 Å².